The molecule has 0 aliphatic carbocycles. The van der Waals surface area contributed by atoms with Gasteiger partial charge >= 0.3 is 0 Å². The van der Waals surface area contributed by atoms with Gasteiger partial charge < -0.3 is 10.3 Å². The van der Waals surface area contributed by atoms with Crippen LogP contribution in [-0.2, 0) is 13.0 Å². The summed E-state index contributed by atoms with van der Waals surface area (Å²) in [4.78, 5) is 4.34. The number of halogens is 1. The number of aryl methyl sites for hydroxylation is 1. The maximum absolute atomic E-state index is 13.2. The zero-order chi connectivity index (χ0) is 13.8. The van der Waals surface area contributed by atoms with Gasteiger partial charge in [-0.3, -0.25) is 0 Å². The Morgan fingerprint density at radius 2 is 2.21 bits per heavy atom. The van der Waals surface area contributed by atoms with Gasteiger partial charge in [0.15, 0.2) is 0 Å². The van der Waals surface area contributed by atoms with Gasteiger partial charge in [0.25, 0.3) is 0 Å². The van der Waals surface area contributed by atoms with Gasteiger partial charge in [0.2, 0.25) is 0 Å². The summed E-state index contributed by atoms with van der Waals surface area (Å²) in [6, 6.07) is 5.01. The van der Waals surface area contributed by atoms with Crippen LogP contribution in [0.4, 0.5) is 4.39 Å². The van der Waals surface area contributed by atoms with Crippen LogP contribution in [0.3, 0.4) is 0 Å². The second-order valence-corrected chi connectivity index (χ2v) is 4.98. The van der Waals surface area contributed by atoms with E-state index in [0.717, 1.165) is 29.7 Å². The third-order valence-electron chi connectivity index (χ3n) is 3.35. The van der Waals surface area contributed by atoms with E-state index in [1.807, 2.05) is 17.7 Å². The minimum absolute atomic E-state index is 0.152. The second kappa shape index (κ2) is 5.97. The molecule has 1 heterocycles. The molecular weight excluding hydrogens is 241 g/mol. The largest absolute Gasteiger partial charge is 0.333 e. The van der Waals surface area contributed by atoms with Crippen LogP contribution in [0.15, 0.2) is 30.7 Å². The molecule has 0 amide bonds. The minimum Gasteiger partial charge on any atom is -0.333 e. The molecule has 0 saturated carbocycles. The fourth-order valence-electron chi connectivity index (χ4n) is 2.02. The number of imidazole rings is 1. The molecule has 0 aliphatic rings. The van der Waals surface area contributed by atoms with Crippen LogP contribution in [0.1, 0.15) is 30.2 Å². The number of nitrogens with zero attached hydrogens (tertiary/aromatic N) is 2. The van der Waals surface area contributed by atoms with Crippen molar-refractivity contribution in [3.8, 4) is 0 Å². The average molecular weight is 261 g/mol. The molecule has 1 aromatic heterocycles. The van der Waals surface area contributed by atoms with Gasteiger partial charge in [-0.25, -0.2) is 9.37 Å². The molecule has 0 aliphatic heterocycles. The first-order valence-corrected chi connectivity index (χ1v) is 6.59. The Morgan fingerprint density at radius 3 is 2.95 bits per heavy atom. The van der Waals surface area contributed by atoms with Crippen molar-refractivity contribution in [1.29, 1.82) is 0 Å². The number of rotatable bonds is 5. The third-order valence-corrected chi connectivity index (χ3v) is 3.35. The number of nitrogens with two attached hydrogens (primary N) is 1. The van der Waals surface area contributed by atoms with E-state index in [0.29, 0.717) is 6.54 Å². The summed E-state index contributed by atoms with van der Waals surface area (Å²) >= 11 is 0. The molecule has 0 radical (unpaired) electrons. The zero-order valence-electron chi connectivity index (χ0n) is 11.4. The molecule has 3 nitrogen and oxygen atoms in total. The highest BCUT2D eigenvalue weighted by atomic mass is 19.1. The molecule has 1 atom stereocenters. The fraction of sp³-hybridized carbons (Fsp3) is 0.400. The molecule has 0 saturated heterocycles. The first-order valence-electron chi connectivity index (χ1n) is 6.59. The molecule has 0 spiro atoms. The Bertz CT molecular complexity index is 548. The van der Waals surface area contributed by atoms with Crippen molar-refractivity contribution in [1.82, 2.24) is 9.55 Å². The smallest absolute Gasteiger partial charge is 0.123 e. The summed E-state index contributed by atoms with van der Waals surface area (Å²) in [5, 5.41) is 0. The molecule has 2 N–H and O–H groups in total. The molecule has 1 aromatic carbocycles. The number of benzene rings is 1. The summed E-state index contributed by atoms with van der Waals surface area (Å²) < 4.78 is 15.2. The van der Waals surface area contributed by atoms with Crippen LogP contribution in [0.25, 0.3) is 0 Å². The Kier molecular flexibility index (Phi) is 4.32. The maximum atomic E-state index is 13.2. The van der Waals surface area contributed by atoms with Crippen LogP contribution in [0.2, 0.25) is 0 Å². The maximum Gasteiger partial charge on any atom is 0.123 e. The molecule has 2 aromatic rings. The summed E-state index contributed by atoms with van der Waals surface area (Å²) in [7, 11) is 0. The topological polar surface area (TPSA) is 43.8 Å². The van der Waals surface area contributed by atoms with Crippen molar-refractivity contribution >= 4 is 0 Å². The van der Waals surface area contributed by atoms with E-state index in [9.17, 15) is 4.39 Å². The minimum atomic E-state index is -0.200. The monoisotopic (exact) mass is 261 g/mol. The van der Waals surface area contributed by atoms with Crippen molar-refractivity contribution < 1.29 is 4.39 Å². The van der Waals surface area contributed by atoms with Crippen LogP contribution >= 0.6 is 0 Å². The van der Waals surface area contributed by atoms with Crippen molar-refractivity contribution in [2.24, 2.45) is 5.73 Å². The van der Waals surface area contributed by atoms with Gasteiger partial charge in [-0.15, -0.1) is 0 Å². The van der Waals surface area contributed by atoms with E-state index >= 15 is 0 Å². The molecule has 0 bridgehead atoms. The number of hydrogen-bond acceptors (Lipinski definition) is 2. The summed E-state index contributed by atoms with van der Waals surface area (Å²) in [5.74, 6) is -0.200. The number of aromatic nitrogens is 2. The highest BCUT2D eigenvalue weighted by Crippen LogP contribution is 2.12. The fourth-order valence-corrected chi connectivity index (χ4v) is 2.02. The average Bonchev–Trinajstić information content (AvgIpc) is 2.81. The van der Waals surface area contributed by atoms with Gasteiger partial charge in [-0.1, -0.05) is 13.0 Å². The molecule has 19 heavy (non-hydrogen) atoms. The Balaban J connectivity index is 2.09. The lowest BCUT2D eigenvalue weighted by atomic mass is 10.1. The molecule has 2 rings (SSSR count). The second-order valence-electron chi connectivity index (χ2n) is 4.98. The first-order chi connectivity index (χ1) is 9.08. The predicted octanol–water partition coefficient (Wildman–Crippen LogP) is 2.66. The van der Waals surface area contributed by atoms with Crippen molar-refractivity contribution in [3.63, 3.8) is 0 Å². The lowest BCUT2D eigenvalue weighted by molar-refractivity contribution is 0.622. The molecule has 1 unspecified atom stereocenters. The standard InChI is InChI=1S/C15H20FN3/c1-3-14(17)7-15-9-19(10-18-15)8-12-6-13(16)5-4-11(12)2/h4-6,9-10,14H,3,7-8,17H2,1-2H3. The van der Waals surface area contributed by atoms with Crippen molar-refractivity contribution in [2.45, 2.75) is 39.3 Å². The van der Waals surface area contributed by atoms with E-state index < -0.39 is 0 Å². The molecule has 102 valence electrons. The number of hydrogen-bond donors (Lipinski definition) is 1. The predicted molar refractivity (Wildman–Crippen MR) is 74.4 cm³/mol. The van der Waals surface area contributed by atoms with E-state index in [1.54, 1.807) is 18.5 Å². The molecule has 0 fully saturated rings. The van der Waals surface area contributed by atoms with Gasteiger partial charge in [-0.05, 0) is 36.6 Å². The van der Waals surface area contributed by atoms with Crippen molar-refractivity contribution in [2.75, 3.05) is 0 Å². The summed E-state index contributed by atoms with van der Waals surface area (Å²) in [5.41, 5.74) is 8.96. The third kappa shape index (κ3) is 3.64. The van der Waals surface area contributed by atoms with Crippen LogP contribution in [0, 0.1) is 12.7 Å². The van der Waals surface area contributed by atoms with E-state index in [4.69, 9.17) is 5.73 Å². The zero-order valence-corrected chi connectivity index (χ0v) is 11.4. The van der Waals surface area contributed by atoms with Gasteiger partial charge in [-0.2, -0.15) is 0 Å². The van der Waals surface area contributed by atoms with E-state index in [2.05, 4.69) is 11.9 Å². The van der Waals surface area contributed by atoms with Crippen LogP contribution < -0.4 is 5.73 Å². The van der Waals surface area contributed by atoms with E-state index in [-0.39, 0.29) is 11.9 Å². The summed E-state index contributed by atoms with van der Waals surface area (Å²) in [6.07, 6.45) is 5.49. The molecule has 4 heteroatoms. The highest BCUT2D eigenvalue weighted by Gasteiger charge is 2.06. The lowest BCUT2D eigenvalue weighted by Gasteiger charge is -2.07. The normalized spacial score (nSPS) is 12.6. The van der Waals surface area contributed by atoms with Crippen LogP contribution in [-0.4, -0.2) is 15.6 Å². The van der Waals surface area contributed by atoms with Crippen LogP contribution in [0.5, 0.6) is 0 Å². The lowest BCUT2D eigenvalue weighted by Crippen LogP contribution is -2.21. The van der Waals surface area contributed by atoms with Gasteiger partial charge in [0.05, 0.1) is 12.0 Å². The Hall–Kier alpha value is -1.68. The van der Waals surface area contributed by atoms with Crippen molar-refractivity contribution in [3.05, 3.63) is 53.4 Å². The SMILES string of the molecule is CCC(N)Cc1cn(Cc2cc(F)ccc2C)cn1. The Labute approximate surface area is 113 Å². The van der Waals surface area contributed by atoms with E-state index in [1.165, 1.54) is 6.07 Å². The summed E-state index contributed by atoms with van der Waals surface area (Å²) in [6.45, 7) is 4.69. The Morgan fingerprint density at radius 1 is 1.42 bits per heavy atom. The molecular formula is C15H20FN3. The van der Waals surface area contributed by atoms with Gasteiger partial charge in [0.1, 0.15) is 5.82 Å². The highest BCUT2D eigenvalue weighted by molar-refractivity contribution is 5.26. The first kappa shape index (κ1) is 13.7. The quantitative estimate of drug-likeness (QED) is 0.899. The van der Waals surface area contributed by atoms with Gasteiger partial charge in [0, 0.05) is 25.2 Å².